The van der Waals surface area contributed by atoms with Gasteiger partial charge in [-0.1, -0.05) is 72.8 Å². The molecular weight excluding hydrogens is 481 g/mol. The Hall–Kier alpha value is -4.71. The van der Waals surface area contributed by atoms with E-state index >= 15 is 0 Å². The van der Waals surface area contributed by atoms with Gasteiger partial charge in [-0.3, -0.25) is 9.59 Å². The van der Waals surface area contributed by atoms with Crippen LogP contribution < -0.4 is 4.74 Å². The van der Waals surface area contributed by atoms with Crippen LogP contribution in [0.5, 0.6) is 5.75 Å². The van der Waals surface area contributed by atoms with E-state index < -0.39 is 23.5 Å². The molecule has 0 aromatic heterocycles. The molecule has 0 aliphatic carbocycles. The zero-order chi connectivity index (χ0) is 26.5. The molecule has 5 nitrogen and oxygen atoms in total. The second-order valence-corrected chi connectivity index (χ2v) is 9.08. The topological polar surface area (TPSA) is 66.8 Å². The minimum absolute atomic E-state index is 0.0325. The van der Waals surface area contributed by atoms with Crippen molar-refractivity contribution in [3.63, 3.8) is 0 Å². The quantitative estimate of drug-likeness (QED) is 0.179. The monoisotopic (exact) mass is 507 g/mol. The number of hydrogen-bond donors (Lipinski definition) is 1. The number of hydrogen-bond acceptors (Lipinski definition) is 4. The molecule has 1 aliphatic heterocycles. The van der Waals surface area contributed by atoms with Crippen molar-refractivity contribution in [1.29, 1.82) is 0 Å². The molecule has 190 valence electrons. The lowest BCUT2D eigenvalue weighted by Crippen LogP contribution is -2.31. The standard InChI is InChI=1S/C32H26FNO4/c33-26-16-14-24(15-17-26)30(35)28-29(34(32(37)31(28)36)19-18-22-8-3-1-4-9-22)25-12-7-13-27(20-25)38-21-23-10-5-2-6-11-23/h1-17,20,29,35H,18-19,21H2. The van der Waals surface area contributed by atoms with Gasteiger partial charge in [0.15, 0.2) is 0 Å². The first-order valence-electron chi connectivity index (χ1n) is 12.4. The van der Waals surface area contributed by atoms with E-state index in [1.54, 1.807) is 18.2 Å². The van der Waals surface area contributed by atoms with Crippen LogP contribution in [0.4, 0.5) is 4.39 Å². The van der Waals surface area contributed by atoms with Crippen molar-refractivity contribution in [2.24, 2.45) is 0 Å². The van der Waals surface area contributed by atoms with Crippen LogP contribution in [0.1, 0.15) is 28.3 Å². The minimum Gasteiger partial charge on any atom is -0.507 e. The van der Waals surface area contributed by atoms with Gasteiger partial charge >= 0.3 is 0 Å². The second kappa shape index (κ2) is 11.1. The van der Waals surface area contributed by atoms with Crippen molar-refractivity contribution in [3.8, 4) is 5.75 Å². The van der Waals surface area contributed by atoms with Crippen LogP contribution in [-0.2, 0) is 22.6 Å². The normalized spacial score (nSPS) is 16.6. The summed E-state index contributed by atoms with van der Waals surface area (Å²) < 4.78 is 19.5. The fourth-order valence-electron chi connectivity index (χ4n) is 4.63. The Kier molecular flexibility index (Phi) is 7.31. The van der Waals surface area contributed by atoms with Gasteiger partial charge in [-0.2, -0.15) is 0 Å². The van der Waals surface area contributed by atoms with E-state index in [1.807, 2.05) is 66.7 Å². The second-order valence-electron chi connectivity index (χ2n) is 9.08. The molecule has 1 saturated heterocycles. The van der Waals surface area contributed by atoms with Gasteiger partial charge < -0.3 is 14.7 Å². The molecule has 1 unspecified atom stereocenters. The first kappa shape index (κ1) is 25.0. The molecule has 5 rings (SSSR count). The average Bonchev–Trinajstić information content (AvgIpc) is 3.21. The molecule has 0 bridgehead atoms. The summed E-state index contributed by atoms with van der Waals surface area (Å²) in [6, 6.07) is 31.0. The summed E-state index contributed by atoms with van der Waals surface area (Å²) in [6.07, 6.45) is 0.533. The number of carbonyl (C=O) groups is 2. The number of halogens is 1. The van der Waals surface area contributed by atoms with Crippen molar-refractivity contribution in [1.82, 2.24) is 4.90 Å². The summed E-state index contributed by atoms with van der Waals surface area (Å²) in [5.41, 5.74) is 2.88. The summed E-state index contributed by atoms with van der Waals surface area (Å²) in [5, 5.41) is 11.2. The number of rotatable bonds is 8. The Balaban J connectivity index is 1.52. The van der Waals surface area contributed by atoms with Crippen LogP contribution >= 0.6 is 0 Å². The maximum atomic E-state index is 13.5. The van der Waals surface area contributed by atoms with Crippen molar-refractivity contribution >= 4 is 17.4 Å². The van der Waals surface area contributed by atoms with Gasteiger partial charge in [0.2, 0.25) is 0 Å². The molecule has 1 amide bonds. The Bertz CT molecular complexity index is 1470. The van der Waals surface area contributed by atoms with Gasteiger partial charge in [0, 0.05) is 12.1 Å². The van der Waals surface area contributed by atoms with Gasteiger partial charge in [0.25, 0.3) is 11.7 Å². The van der Waals surface area contributed by atoms with E-state index in [2.05, 4.69) is 0 Å². The molecule has 6 heteroatoms. The number of amides is 1. The van der Waals surface area contributed by atoms with Crippen LogP contribution in [0.15, 0.2) is 115 Å². The average molecular weight is 508 g/mol. The van der Waals surface area contributed by atoms with Crippen molar-refractivity contribution < 1.29 is 23.8 Å². The number of carbonyl (C=O) groups excluding carboxylic acids is 2. The summed E-state index contributed by atoms with van der Waals surface area (Å²) in [6.45, 7) is 0.628. The van der Waals surface area contributed by atoms with E-state index in [1.165, 1.54) is 29.2 Å². The summed E-state index contributed by atoms with van der Waals surface area (Å²) in [7, 11) is 0. The Morgan fingerprint density at radius 2 is 1.47 bits per heavy atom. The maximum absolute atomic E-state index is 13.5. The highest BCUT2D eigenvalue weighted by atomic mass is 19.1. The van der Waals surface area contributed by atoms with Gasteiger partial charge in [0.1, 0.15) is 23.9 Å². The van der Waals surface area contributed by atoms with Gasteiger partial charge in [-0.25, -0.2) is 4.39 Å². The summed E-state index contributed by atoms with van der Waals surface area (Å²) >= 11 is 0. The molecule has 4 aromatic carbocycles. The Labute approximate surface area is 220 Å². The Morgan fingerprint density at radius 3 is 2.16 bits per heavy atom. The number of ketones is 1. The lowest BCUT2D eigenvalue weighted by molar-refractivity contribution is -0.139. The molecule has 1 fully saturated rings. The molecule has 1 heterocycles. The van der Waals surface area contributed by atoms with Gasteiger partial charge in [-0.05, 0) is 59.5 Å². The number of nitrogens with zero attached hydrogens (tertiary/aromatic N) is 1. The summed E-state index contributed by atoms with van der Waals surface area (Å²) in [5.74, 6) is -1.71. The fraction of sp³-hybridized carbons (Fsp3) is 0.125. The van der Waals surface area contributed by atoms with Crippen LogP contribution in [0.3, 0.4) is 0 Å². The molecule has 0 radical (unpaired) electrons. The predicted octanol–water partition coefficient (Wildman–Crippen LogP) is 6.07. The molecule has 1 aliphatic rings. The first-order valence-corrected chi connectivity index (χ1v) is 12.4. The SMILES string of the molecule is O=C1C(=O)N(CCc2ccccc2)C(c2cccc(OCc3ccccc3)c2)C1=C(O)c1ccc(F)cc1. The molecule has 0 saturated carbocycles. The third-order valence-corrected chi connectivity index (χ3v) is 6.56. The van der Waals surface area contributed by atoms with E-state index in [0.717, 1.165) is 11.1 Å². The first-order chi connectivity index (χ1) is 18.5. The van der Waals surface area contributed by atoms with Crippen molar-refractivity contribution in [2.45, 2.75) is 19.1 Å². The van der Waals surface area contributed by atoms with Crippen molar-refractivity contribution in [2.75, 3.05) is 6.54 Å². The molecule has 1 N–H and O–H groups in total. The number of ether oxygens (including phenoxy) is 1. The number of Topliss-reactive ketones (excluding diaryl/α,β-unsaturated/α-hetero) is 1. The van der Waals surface area contributed by atoms with Gasteiger partial charge in [0.05, 0.1) is 11.6 Å². The summed E-state index contributed by atoms with van der Waals surface area (Å²) in [4.78, 5) is 28.0. The number of benzene rings is 4. The van der Waals surface area contributed by atoms with Crippen LogP contribution in [0.2, 0.25) is 0 Å². The van der Waals surface area contributed by atoms with Crippen LogP contribution in [0.25, 0.3) is 5.76 Å². The maximum Gasteiger partial charge on any atom is 0.295 e. The zero-order valence-electron chi connectivity index (χ0n) is 20.6. The van der Waals surface area contributed by atoms with E-state index in [9.17, 15) is 19.1 Å². The molecular formula is C32H26FNO4. The largest absolute Gasteiger partial charge is 0.507 e. The van der Waals surface area contributed by atoms with Crippen LogP contribution in [0, 0.1) is 5.82 Å². The van der Waals surface area contributed by atoms with Crippen LogP contribution in [-0.4, -0.2) is 28.2 Å². The molecule has 0 spiro atoms. The Morgan fingerprint density at radius 1 is 0.816 bits per heavy atom. The third-order valence-electron chi connectivity index (χ3n) is 6.56. The fourth-order valence-corrected chi connectivity index (χ4v) is 4.63. The third kappa shape index (κ3) is 5.34. The molecule has 1 atom stereocenters. The molecule has 38 heavy (non-hydrogen) atoms. The zero-order valence-corrected chi connectivity index (χ0v) is 20.6. The van der Waals surface area contributed by atoms with Gasteiger partial charge in [-0.15, -0.1) is 0 Å². The lowest BCUT2D eigenvalue weighted by Gasteiger charge is -2.26. The number of aliphatic hydroxyl groups excluding tert-OH is 1. The molecule has 4 aromatic rings. The highest BCUT2D eigenvalue weighted by molar-refractivity contribution is 6.46. The number of aliphatic hydroxyl groups is 1. The minimum atomic E-state index is -0.830. The lowest BCUT2D eigenvalue weighted by atomic mass is 9.95. The van der Waals surface area contributed by atoms with E-state index in [-0.39, 0.29) is 23.4 Å². The highest BCUT2D eigenvalue weighted by Crippen LogP contribution is 2.40. The smallest absolute Gasteiger partial charge is 0.295 e. The predicted molar refractivity (Wildman–Crippen MR) is 143 cm³/mol. The van der Waals surface area contributed by atoms with Crippen molar-refractivity contribution in [3.05, 3.63) is 143 Å². The van der Waals surface area contributed by atoms with E-state index in [4.69, 9.17) is 4.74 Å². The highest BCUT2D eigenvalue weighted by Gasteiger charge is 2.46. The van der Waals surface area contributed by atoms with E-state index in [0.29, 0.717) is 24.3 Å². The number of likely N-dealkylation sites (tertiary alicyclic amines) is 1.